The molecule has 0 aliphatic heterocycles. The third-order valence-corrected chi connectivity index (χ3v) is 4.19. The van der Waals surface area contributed by atoms with Crippen molar-refractivity contribution in [2.24, 2.45) is 0 Å². The van der Waals surface area contributed by atoms with Crippen molar-refractivity contribution in [2.75, 3.05) is 12.4 Å². The van der Waals surface area contributed by atoms with Gasteiger partial charge in [-0.05, 0) is 24.3 Å². The highest BCUT2D eigenvalue weighted by atomic mass is 32.1. The van der Waals surface area contributed by atoms with Crippen LogP contribution in [0.4, 0.5) is 10.8 Å². The van der Waals surface area contributed by atoms with Crippen LogP contribution in [0.3, 0.4) is 0 Å². The van der Waals surface area contributed by atoms with Crippen LogP contribution in [0.15, 0.2) is 54.6 Å². The summed E-state index contributed by atoms with van der Waals surface area (Å²) in [6.45, 7) is -0.0216. The minimum atomic E-state index is -0.0216. The summed E-state index contributed by atoms with van der Waals surface area (Å²) < 4.78 is 5.14. The van der Waals surface area contributed by atoms with Gasteiger partial charge in [0.25, 0.3) is 0 Å². The van der Waals surface area contributed by atoms with Gasteiger partial charge in [-0.2, -0.15) is 0 Å². The molecule has 0 aliphatic carbocycles. The lowest BCUT2D eigenvalue weighted by Gasteiger charge is -2.03. The molecule has 3 aromatic rings. The van der Waals surface area contributed by atoms with Crippen LogP contribution in [-0.4, -0.2) is 17.2 Å². The molecule has 0 unspecified atom stereocenters. The molecule has 0 atom stereocenters. The Kier molecular flexibility index (Phi) is 4.37. The highest BCUT2D eigenvalue weighted by molar-refractivity contribution is 7.16. The fourth-order valence-electron chi connectivity index (χ4n) is 2.13. The van der Waals surface area contributed by atoms with Crippen LogP contribution in [0.1, 0.15) is 4.88 Å². The number of rotatable bonds is 5. The molecule has 0 saturated heterocycles. The number of thiazole rings is 1. The quantitative estimate of drug-likeness (QED) is 0.746. The Hall–Kier alpha value is -2.37. The van der Waals surface area contributed by atoms with Gasteiger partial charge in [-0.25, -0.2) is 4.98 Å². The third kappa shape index (κ3) is 3.10. The van der Waals surface area contributed by atoms with Crippen molar-refractivity contribution in [2.45, 2.75) is 6.61 Å². The van der Waals surface area contributed by atoms with Crippen LogP contribution in [0, 0.1) is 0 Å². The average Bonchev–Trinajstić information content (AvgIpc) is 2.99. The van der Waals surface area contributed by atoms with E-state index in [2.05, 4.69) is 10.3 Å². The van der Waals surface area contributed by atoms with Crippen molar-refractivity contribution >= 4 is 22.2 Å². The molecule has 5 heteroatoms. The summed E-state index contributed by atoms with van der Waals surface area (Å²) in [5.74, 6) is 0.811. The molecule has 4 nitrogen and oxygen atoms in total. The van der Waals surface area contributed by atoms with E-state index >= 15 is 0 Å². The van der Waals surface area contributed by atoms with E-state index < -0.39 is 0 Å². The normalized spacial score (nSPS) is 10.5. The standard InChI is InChI=1S/C17H16N2O2S/c1-21-14-9-7-13(8-10-14)18-17-19-16(15(11-20)22-17)12-5-3-2-4-6-12/h2-10,20H,11H2,1H3,(H,18,19). The molecule has 1 aromatic heterocycles. The lowest BCUT2D eigenvalue weighted by atomic mass is 10.1. The van der Waals surface area contributed by atoms with Crippen molar-refractivity contribution in [1.29, 1.82) is 0 Å². The molecule has 2 N–H and O–H groups in total. The number of hydrogen-bond donors (Lipinski definition) is 2. The van der Waals surface area contributed by atoms with Crippen LogP contribution in [0.25, 0.3) is 11.3 Å². The fourth-order valence-corrected chi connectivity index (χ4v) is 3.00. The average molecular weight is 312 g/mol. The zero-order valence-electron chi connectivity index (χ0n) is 12.1. The van der Waals surface area contributed by atoms with Crippen LogP contribution in [0.5, 0.6) is 5.75 Å². The number of benzene rings is 2. The lowest BCUT2D eigenvalue weighted by molar-refractivity contribution is 0.286. The van der Waals surface area contributed by atoms with Crippen LogP contribution >= 0.6 is 11.3 Å². The molecule has 0 amide bonds. The van der Waals surface area contributed by atoms with E-state index in [0.29, 0.717) is 0 Å². The number of nitrogens with one attached hydrogen (secondary N) is 1. The first kappa shape index (κ1) is 14.6. The maximum Gasteiger partial charge on any atom is 0.188 e. The lowest BCUT2D eigenvalue weighted by Crippen LogP contribution is -1.90. The van der Waals surface area contributed by atoms with Crippen LogP contribution in [0.2, 0.25) is 0 Å². The van der Waals surface area contributed by atoms with Gasteiger partial charge in [0.15, 0.2) is 5.13 Å². The summed E-state index contributed by atoms with van der Waals surface area (Å²) >= 11 is 1.46. The van der Waals surface area contributed by atoms with Gasteiger partial charge in [0, 0.05) is 11.3 Å². The zero-order chi connectivity index (χ0) is 15.4. The molecule has 0 spiro atoms. The minimum absolute atomic E-state index is 0.0216. The molecule has 0 saturated carbocycles. The molecular formula is C17H16N2O2S. The van der Waals surface area contributed by atoms with Gasteiger partial charge in [0.1, 0.15) is 5.75 Å². The van der Waals surface area contributed by atoms with Gasteiger partial charge in [-0.1, -0.05) is 41.7 Å². The van der Waals surface area contributed by atoms with E-state index in [1.54, 1.807) is 7.11 Å². The molecular weight excluding hydrogens is 296 g/mol. The second kappa shape index (κ2) is 6.60. The Labute approximate surface area is 133 Å². The topological polar surface area (TPSA) is 54.4 Å². The SMILES string of the molecule is COc1ccc(Nc2nc(-c3ccccc3)c(CO)s2)cc1. The summed E-state index contributed by atoms with van der Waals surface area (Å²) in [5.41, 5.74) is 2.76. The molecule has 3 rings (SSSR count). The molecule has 0 radical (unpaired) electrons. The van der Waals surface area contributed by atoms with E-state index in [1.807, 2.05) is 54.6 Å². The molecule has 112 valence electrons. The van der Waals surface area contributed by atoms with Gasteiger partial charge in [0.2, 0.25) is 0 Å². The second-order valence-corrected chi connectivity index (χ2v) is 5.75. The van der Waals surface area contributed by atoms with Crippen LogP contribution < -0.4 is 10.1 Å². The Bertz CT molecular complexity index is 739. The van der Waals surface area contributed by atoms with Gasteiger partial charge in [-0.15, -0.1) is 0 Å². The van der Waals surface area contributed by atoms with E-state index in [4.69, 9.17) is 4.74 Å². The number of hydrogen-bond acceptors (Lipinski definition) is 5. The van der Waals surface area contributed by atoms with Crippen molar-refractivity contribution in [3.8, 4) is 17.0 Å². The number of anilines is 2. The molecule has 1 heterocycles. The first-order chi connectivity index (χ1) is 10.8. The van der Waals surface area contributed by atoms with Crippen molar-refractivity contribution in [3.05, 3.63) is 59.5 Å². The van der Waals surface area contributed by atoms with Crippen molar-refractivity contribution in [1.82, 2.24) is 4.98 Å². The number of methoxy groups -OCH3 is 1. The first-order valence-corrected chi connectivity index (χ1v) is 7.69. The number of nitrogens with zero attached hydrogens (tertiary/aromatic N) is 1. The minimum Gasteiger partial charge on any atom is -0.497 e. The first-order valence-electron chi connectivity index (χ1n) is 6.87. The third-order valence-electron chi connectivity index (χ3n) is 3.23. The van der Waals surface area contributed by atoms with Gasteiger partial charge in [-0.3, -0.25) is 0 Å². The van der Waals surface area contributed by atoms with Gasteiger partial charge < -0.3 is 15.2 Å². The zero-order valence-corrected chi connectivity index (χ0v) is 12.9. The predicted octanol–water partition coefficient (Wildman–Crippen LogP) is 4.05. The Morgan fingerprint density at radius 2 is 1.82 bits per heavy atom. The number of aliphatic hydroxyl groups excluding tert-OH is 1. The molecule has 2 aromatic carbocycles. The van der Waals surface area contributed by atoms with Crippen molar-refractivity contribution in [3.63, 3.8) is 0 Å². The molecule has 0 aliphatic rings. The number of aliphatic hydroxyl groups is 1. The summed E-state index contributed by atoms with van der Waals surface area (Å²) in [4.78, 5) is 5.45. The maximum absolute atomic E-state index is 9.55. The second-order valence-electron chi connectivity index (χ2n) is 4.67. The van der Waals surface area contributed by atoms with E-state index in [9.17, 15) is 5.11 Å². The van der Waals surface area contributed by atoms with Crippen molar-refractivity contribution < 1.29 is 9.84 Å². The van der Waals surface area contributed by atoms with E-state index in [1.165, 1.54) is 11.3 Å². The Morgan fingerprint density at radius 1 is 1.09 bits per heavy atom. The maximum atomic E-state index is 9.55. The van der Waals surface area contributed by atoms with E-state index in [0.717, 1.165) is 32.7 Å². The summed E-state index contributed by atoms with van der Waals surface area (Å²) in [5, 5.41) is 13.6. The molecule has 0 fully saturated rings. The summed E-state index contributed by atoms with van der Waals surface area (Å²) in [6.07, 6.45) is 0. The van der Waals surface area contributed by atoms with Gasteiger partial charge >= 0.3 is 0 Å². The van der Waals surface area contributed by atoms with E-state index in [-0.39, 0.29) is 6.61 Å². The Morgan fingerprint density at radius 3 is 2.45 bits per heavy atom. The highest BCUT2D eigenvalue weighted by Gasteiger charge is 2.12. The molecule has 0 bridgehead atoms. The number of ether oxygens (including phenoxy) is 1. The largest absolute Gasteiger partial charge is 0.497 e. The Balaban J connectivity index is 1.87. The predicted molar refractivity (Wildman–Crippen MR) is 89.7 cm³/mol. The summed E-state index contributed by atoms with van der Waals surface area (Å²) in [7, 11) is 1.64. The summed E-state index contributed by atoms with van der Waals surface area (Å²) in [6, 6.07) is 17.5. The smallest absolute Gasteiger partial charge is 0.188 e. The monoisotopic (exact) mass is 312 g/mol. The fraction of sp³-hybridized carbons (Fsp3) is 0.118. The van der Waals surface area contributed by atoms with Gasteiger partial charge in [0.05, 0.1) is 24.3 Å². The molecule has 22 heavy (non-hydrogen) atoms. The highest BCUT2D eigenvalue weighted by Crippen LogP contribution is 2.32. The van der Waals surface area contributed by atoms with Crippen LogP contribution in [-0.2, 0) is 6.61 Å². The number of aromatic nitrogens is 1.